The number of aliphatic hydroxyl groups is 1. The first-order valence-corrected chi connectivity index (χ1v) is 20.5. The first-order valence-electron chi connectivity index (χ1n) is 20.5. The molecular formula is C41H65N5O15. The lowest BCUT2D eigenvalue weighted by Gasteiger charge is -2.24. The number of aliphatic hydroxyl groups excluding tert-OH is 1. The summed E-state index contributed by atoms with van der Waals surface area (Å²) in [7, 11) is 0. The van der Waals surface area contributed by atoms with Crippen LogP contribution in [0.15, 0.2) is 36.4 Å². The molecule has 2 rings (SSSR count). The average Bonchev–Trinajstić information content (AvgIpc) is 3.57. The van der Waals surface area contributed by atoms with E-state index in [0.29, 0.717) is 110 Å². The van der Waals surface area contributed by atoms with Crippen LogP contribution in [0.4, 0.5) is 5.69 Å². The zero-order valence-electron chi connectivity index (χ0n) is 35.7. The van der Waals surface area contributed by atoms with Gasteiger partial charge in [-0.05, 0) is 30.5 Å². The van der Waals surface area contributed by atoms with Gasteiger partial charge < -0.3 is 64.3 Å². The highest BCUT2D eigenvalue weighted by atomic mass is 16.6. The standard InChI is InChI=1S/C41H65N5O15/c1-31(2)39(41(53)43-32(3)40(52)44-34-6-4-33(30-47)5-7-34)45-36(49)11-14-54-16-18-56-20-22-58-24-26-60-28-29-61-27-25-59-23-21-57-19-17-55-15-12-42-35(48)10-13-46-37(50)8-9-38(46)51/h4-9,31-32,39,47H,10-30H2,1-3H3,(H,42,48)(H,43,53)(H,44,52)(H,45,49)/t32-,39-/m0/s1. The van der Waals surface area contributed by atoms with E-state index >= 15 is 0 Å². The van der Waals surface area contributed by atoms with Gasteiger partial charge in [-0.25, -0.2) is 0 Å². The predicted molar refractivity (Wildman–Crippen MR) is 220 cm³/mol. The van der Waals surface area contributed by atoms with E-state index in [1.54, 1.807) is 45.0 Å². The van der Waals surface area contributed by atoms with Crippen LogP contribution in [0.3, 0.4) is 0 Å². The van der Waals surface area contributed by atoms with Gasteiger partial charge in [0.15, 0.2) is 0 Å². The molecule has 0 aliphatic carbocycles. The van der Waals surface area contributed by atoms with Crippen molar-refractivity contribution in [3.8, 4) is 0 Å². The molecule has 20 heteroatoms. The van der Waals surface area contributed by atoms with Crippen LogP contribution in [-0.2, 0) is 73.3 Å². The summed E-state index contributed by atoms with van der Waals surface area (Å²) < 4.78 is 43.7. The summed E-state index contributed by atoms with van der Waals surface area (Å²) in [6.45, 7) is 11.4. The van der Waals surface area contributed by atoms with E-state index in [9.17, 15) is 28.8 Å². The fraction of sp³-hybridized carbons (Fsp3) is 0.659. The Morgan fingerprint density at radius 1 is 0.574 bits per heavy atom. The van der Waals surface area contributed by atoms with Crippen molar-refractivity contribution in [3.05, 3.63) is 42.0 Å². The number of nitrogens with zero attached hydrogens (tertiary/aromatic N) is 1. The highest BCUT2D eigenvalue weighted by Crippen LogP contribution is 2.10. The lowest BCUT2D eigenvalue weighted by atomic mass is 10.0. The van der Waals surface area contributed by atoms with Crippen molar-refractivity contribution >= 4 is 41.1 Å². The molecule has 6 amide bonds. The summed E-state index contributed by atoms with van der Waals surface area (Å²) in [5, 5.41) is 19.9. The Labute approximate surface area is 357 Å². The van der Waals surface area contributed by atoms with Crippen molar-refractivity contribution in [2.24, 2.45) is 5.92 Å². The Bertz CT molecular complexity index is 1450. The molecule has 2 atom stereocenters. The first kappa shape index (κ1) is 52.8. The van der Waals surface area contributed by atoms with Crippen LogP contribution in [0.25, 0.3) is 0 Å². The first-order chi connectivity index (χ1) is 29.5. The highest BCUT2D eigenvalue weighted by molar-refractivity contribution is 6.13. The zero-order valence-corrected chi connectivity index (χ0v) is 35.7. The van der Waals surface area contributed by atoms with E-state index in [-0.39, 0.29) is 56.9 Å². The minimum Gasteiger partial charge on any atom is -0.392 e. The number of hydrogen-bond donors (Lipinski definition) is 5. The number of rotatable bonds is 37. The molecule has 0 radical (unpaired) electrons. The topological polar surface area (TPSA) is 248 Å². The normalized spacial score (nSPS) is 13.4. The summed E-state index contributed by atoms with van der Waals surface area (Å²) in [4.78, 5) is 73.7. The number of benzene rings is 1. The second-order valence-electron chi connectivity index (χ2n) is 13.8. The number of anilines is 1. The largest absolute Gasteiger partial charge is 0.392 e. The van der Waals surface area contributed by atoms with Crippen molar-refractivity contribution in [1.29, 1.82) is 0 Å². The van der Waals surface area contributed by atoms with Crippen LogP contribution in [0, 0.1) is 5.92 Å². The van der Waals surface area contributed by atoms with Gasteiger partial charge in [-0.1, -0.05) is 26.0 Å². The molecule has 0 saturated heterocycles. The molecule has 0 unspecified atom stereocenters. The number of nitrogens with one attached hydrogen (secondary N) is 4. The molecule has 20 nitrogen and oxygen atoms in total. The van der Waals surface area contributed by atoms with Crippen molar-refractivity contribution in [2.75, 3.05) is 124 Å². The number of imide groups is 1. The van der Waals surface area contributed by atoms with E-state index in [2.05, 4.69) is 21.3 Å². The maximum atomic E-state index is 12.9. The monoisotopic (exact) mass is 867 g/mol. The van der Waals surface area contributed by atoms with Gasteiger partial charge in [0, 0.05) is 43.8 Å². The quantitative estimate of drug-likeness (QED) is 0.0426. The summed E-state index contributed by atoms with van der Waals surface area (Å²) in [6.07, 6.45) is 2.46. The molecule has 0 bridgehead atoms. The van der Waals surface area contributed by atoms with E-state index in [1.807, 2.05) is 0 Å². The van der Waals surface area contributed by atoms with Gasteiger partial charge in [-0.3, -0.25) is 33.7 Å². The number of amides is 6. The third kappa shape index (κ3) is 25.2. The Morgan fingerprint density at radius 3 is 1.46 bits per heavy atom. The fourth-order valence-electron chi connectivity index (χ4n) is 5.12. The van der Waals surface area contributed by atoms with Crippen LogP contribution >= 0.6 is 0 Å². The molecule has 0 fully saturated rings. The van der Waals surface area contributed by atoms with Crippen LogP contribution in [0.2, 0.25) is 0 Å². The van der Waals surface area contributed by atoms with Crippen LogP contribution < -0.4 is 21.3 Å². The van der Waals surface area contributed by atoms with Crippen molar-refractivity contribution in [2.45, 2.75) is 52.3 Å². The summed E-state index contributed by atoms with van der Waals surface area (Å²) in [5.41, 5.74) is 1.24. The van der Waals surface area contributed by atoms with Gasteiger partial charge in [-0.2, -0.15) is 0 Å². The zero-order chi connectivity index (χ0) is 44.5. The number of ether oxygens (including phenoxy) is 8. The average molecular weight is 868 g/mol. The second-order valence-corrected chi connectivity index (χ2v) is 13.8. The molecule has 1 aliphatic heterocycles. The fourth-order valence-corrected chi connectivity index (χ4v) is 5.12. The molecule has 61 heavy (non-hydrogen) atoms. The molecule has 344 valence electrons. The maximum absolute atomic E-state index is 12.9. The summed E-state index contributed by atoms with van der Waals surface area (Å²) >= 11 is 0. The smallest absolute Gasteiger partial charge is 0.253 e. The Morgan fingerprint density at radius 2 is 1.02 bits per heavy atom. The highest BCUT2D eigenvalue weighted by Gasteiger charge is 2.27. The van der Waals surface area contributed by atoms with Gasteiger partial charge in [0.2, 0.25) is 23.6 Å². The molecule has 0 spiro atoms. The van der Waals surface area contributed by atoms with Crippen LogP contribution in [0.5, 0.6) is 0 Å². The lowest BCUT2D eigenvalue weighted by Crippen LogP contribution is -2.53. The number of carbonyl (C=O) groups excluding carboxylic acids is 6. The van der Waals surface area contributed by atoms with Crippen molar-refractivity contribution in [3.63, 3.8) is 0 Å². The molecular weight excluding hydrogens is 802 g/mol. The van der Waals surface area contributed by atoms with E-state index < -0.39 is 35.7 Å². The van der Waals surface area contributed by atoms with Crippen molar-refractivity contribution in [1.82, 2.24) is 20.9 Å². The Hall–Kier alpha value is -4.38. The van der Waals surface area contributed by atoms with E-state index in [0.717, 1.165) is 4.90 Å². The molecule has 1 aromatic rings. The number of hydrogen-bond acceptors (Lipinski definition) is 15. The van der Waals surface area contributed by atoms with Crippen molar-refractivity contribution < 1.29 is 71.8 Å². The van der Waals surface area contributed by atoms with Crippen LogP contribution in [-0.4, -0.2) is 176 Å². The second kappa shape index (κ2) is 33.3. The van der Waals surface area contributed by atoms with Crippen LogP contribution in [0.1, 0.15) is 39.2 Å². The molecule has 0 aromatic heterocycles. The van der Waals surface area contributed by atoms with E-state index in [4.69, 9.17) is 43.0 Å². The Balaban J connectivity index is 1.29. The minimum absolute atomic E-state index is 0.0374. The van der Waals surface area contributed by atoms with Gasteiger partial charge in [-0.15, -0.1) is 0 Å². The summed E-state index contributed by atoms with van der Waals surface area (Å²) in [6, 6.07) is 5.01. The minimum atomic E-state index is -0.848. The third-order valence-corrected chi connectivity index (χ3v) is 8.53. The third-order valence-electron chi connectivity index (χ3n) is 8.53. The predicted octanol–water partition coefficient (Wildman–Crippen LogP) is -0.283. The Kier molecular flexibility index (Phi) is 28.8. The van der Waals surface area contributed by atoms with Gasteiger partial charge in [0.05, 0.1) is 112 Å². The van der Waals surface area contributed by atoms with Gasteiger partial charge >= 0.3 is 0 Å². The molecule has 1 aliphatic rings. The molecule has 1 aromatic carbocycles. The van der Waals surface area contributed by atoms with Gasteiger partial charge in [0.1, 0.15) is 12.1 Å². The maximum Gasteiger partial charge on any atom is 0.253 e. The number of carbonyl (C=O) groups is 6. The SMILES string of the molecule is CC(C)[C@H](NC(=O)CCOCCOCCOCCOCCOCCOCCOCCOCCNC(=O)CCN1C(=O)C=CC1=O)C(=O)N[C@@H](C)C(=O)Nc1ccc(CO)cc1. The van der Waals surface area contributed by atoms with E-state index in [1.165, 1.54) is 12.2 Å². The lowest BCUT2D eigenvalue weighted by molar-refractivity contribution is -0.137. The summed E-state index contributed by atoms with van der Waals surface area (Å²) in [5.74, 6) is -2.54. The molecule has 0 saturated carbocycles. The molecule has 5 N–H and O–H groups in total. The molecule has 1 heterocycles. The van der Waals surface area contributed by atoms with Gasteiger partial charge in [0.25, 0.3) is 11.8 Å².